The van der Waals surface area contributed by atoms with Crippen molar-refractivity contribution in [2.45, 2.75) is 24.8 Å². The average Bonchev–Trinajstić information content (AvgIpc) is 2.44. The van der Waals surface area contributed by atoms with Gasteiger partial charge in [-0.2, -0.15) is 0 Å². The maximum absolute atomic E-state index is 11.7. The molecule has 1 atom stereocenters. The zero-order valence-electron chi connectivity index (χ0n) is 12.4. The van der Waals surface area contributed by atoms with Crippen molar-refractivity contribution in [2.24, 2.45) is 0 Å². The number of benzene rings is 1. The van der Waals surface area contributed by atoms with Gasteiger partial charge in [0.1, 0.15) is 0 Å². The fourth-order valence-electron chi connectivity index (χ4n) is 1.58. The second kappa shape index (κ2) is 9.59. The van der Waals surface area contributed by atoms with Crippen LogP contribution in [0, 0.1) is 6.92 Å². The van der Waals surface area contributed by atoms with E-state index in [-0.39, 0.29) is 11.9 Å². The van der Waals surface area contributed by atoms with Crippen LogP contribution in [0.2, 0.25) is 0 Å². The molecular formula is C14H21N3O2S2. The lowest BCUT2D eigenvalue weighted by atomic mass is 10.2. The quantitative estimate of drug-likeness (QED) is 0.419. The molecule has 1 aromatic rings. The van der Waals surface area contributed by atoms with E-state index in [0.29, 0.717) is 17.5 Å². The molecule has 0 aliphatic heterocycles. The van der Waals surface area contributed by atoms with Crippen LogP contribution in [0.15, 0.2) is 29.2 Å². The van der Waals surface area contributed by atoms with Crippen LogP contribution in [0.5, 0.6) is 0 Å². The van der Waals surface area contributed by atoms with Crippen LogP contribution < -0.4 is 16.2 Å². The molecule has 0 fully saturated rings. The van der Waals surface area contributed by atoms with E-state index in [0.717, 1.165) is 10.5 Å². The van der Waals surface area contributed by atoms with Gasteiger partial charge in [-0.05, 0) is 37.7 Å². The van der Waals surface area contributed by atoms with Crippen LogP contribution in [-0.2, 0) is 9.53 Å². The normalized spacial score (nSPS) is 11.6. The molecule has 0 spiro atoms. The van der Waals surface area contributed by atoms with Gasteiger partial charge in [0, 0.05) is 18.0 Å². The van der Waals surface area contributed by atoms with Crippen LogP contribution >= 0.6 is 24.0 Å². The van der Waals surface area contributed by atoms with Gasteiger partial charge >= 0.3 is 0 Å². The molecule has 21 heavy (non-hydrogen) atoms. The molecule has 5 nitrogen and oxygen atoms in total. The summed E-state index contributed by atoms with van der Waals surface area (Å²) in [6.07, 6.45) is 0. The molecule has 1 amide bonds. The molecule has 0 radical (unpaired) electrons. The van der Waals surface area contributed by atoms with Crippen LogP contribution in [0.25, 0.3) is 0 Å². The van der Waals surface area contributed by atoms with E-state index >= 15 is 0 Å². The first-order valence-corrected chi connectivity index (χ1v) is 7.95. The van der Waals surface area contributed by atoms with Crippen LogP contribution in [0.3, 0.4) is 0 Å². The molecule has 0 aromatic heterocycles. The van der Waals surface area contributed by atoms with Gasteiger partial charge in [-0.3, -0.25) is 15.6 Å². The van der Waals surface area contributed by atoms with Crippen molar-refractivity contribution in [3.8, 4) is 0 Å². The van der Waals surface area contributed by atoms with Crippen molar-refractivity contribution >= 4 is 35.0 Å². The smallest absolute Gasteiger partial charge is 0.248 e. The Morgan fingerprint density at radius 2 is 2.10 bits per heavy atom. The van der Waals surface area contributed by atoms with Gasteiger partial charge in [-0.1, -0.05) is 18.2 Å². The third-order valence-corrected chi connectivity index (χ3v) is 3.96. The van der Waals surface area contributed by atoms with Crippen LogP contribution in [0.1, 0.15) is 12.5 Å². The Bertz CT molecular complexity index is 483. The standard InChI is InChI=1S/C14H21N3O2S2/c1-10-6-4-5-7-12(10)21-9-13(18)16-17-14(20)15-11(2)8-19-3/h4-7,11H,8-9H2,1-3H3,(H,16,18)(H2,15,17,20)/t11-/m0/s1. The largest absolute Gasteiger partial charge is 0.383 e. The molecule has 3 N–H and O–H groups in total. The molecule has 0 unspecified atom stereocenters. The molecule has 0 aliphatic carbocycles. The second-order valence-electron chi connectivity index (χ2n) is 4.56. The Hall–Kier alpha value is -1.31. The first-order chi connectivity index (χ1) is 10.0. The molecule has 0 aliphatic rings. The lowest BCUT2D eigenvalue weighted by molar-refractivity contribution is -0.119. The fourth-order valence-corrected chi connectivity index (χ4v) is 2.66. The third kappa shape index (κ3) is 7.31. The zero-order chi connectivity index (χ0) is 15.7. The average molecular weight is 327 g/mol. The van der Waals surface area contributed by atoms with Gasteiger partial charge in [0.25, 0.3) is 0 Å². The summed E-state index contributed by atoms with van der Waals surface area (Å²) in [7, 11) is 1.62. The summed E-state index contributed by atoms with van der Waals surface area (Å²) in [4.78, 5) is 12.8. The number of methoxy groups -OCH3 is 1. The number of aryl methyl sites for hydroxylation is 1. The minimum atomic E-state index is -0.133. The van der Waals surface area contributed by atoms with Gasteiger partial charge < -0.3 is 10.1 Å². The fraction of sp³-hybridized carbons (Fsp3) is 0.429. The molecule has 0 bridgehead atoms. The molecule has 1 aromatic carbocycles. The summed E-state index contributed by atoms with van der Waals surface area (Å²) < 4.78 is 4.99. The number of nitrogens with one attached hydrogen (secondary N) is 3. The summed E-state index contributed by atoms with van der Waals surface area (Å²) in [5, 5.41) is 3.36. The minimum absolute atomic E-state index is 0.0771. The van der Waals surface area contributed by atoms with Gasteiger partial charge in [-0.25, -0.2) is 0 Å². The predicted molar refractivity (Wildman–Crippen MR) is 90.3 cm³/mol. The Balaban J connectivity index is 2.25. The zero-order valence-corrected chi connectivity index (χ0v) is 14.1. The number of carbonyl (C=O) groups excluding carboxylic acids is 1. The molecular weight excluding hydrogens is 306 g/mol. The van der Waals surface area contributed by atoms with E-state index in [1.807, 2.05) is 38.1 Å². The van der Waals surface area contributed by atoms with E-state index in [4.69, 9.17) is 17.0 Å². The monoisotopic (exact) mass is 327 g/mol. The third-order valence-electron chi connectivity index (χ3n) is 2.56. The number of hydrazine groups is 1. The van der Waals surface area contributed by atoms with Gasteiger partial charge in [0.2, 0.25) is 5.91 Å². The highest BCUT2D eigenvalue weighted by Crippen LogP contribution is 2.21. The highest BCUT2D eigenvalue weighted by molar-refractivity contribution is 8.00. The highest BCUT2D eigenvalue weighted by Gasteiger charge is 2.06. The van der Waals surface area contributed by atoms with Gasteiger partial charge in [0.05, 0.1) is 12.4 Å². The van der Waals surface area contributed by atoms with E-state index in [1.165, 1.54) is 11.8 Å². The number of thioether (sulfide) groups is 1. The van der Waals surface area contributed by atoms with Crippen LogP contribution in [-0.4, -0.2) is 36.5 Å². The van der Waals surface area contributed by atoms with Crippen molar-refractivity contribution in [2.75, 3.05) is 19.5 Å². The summed E-state index contributed by atoms with van der Waals surface area (Å²) in [6.45, 7) is 4.50. The van der Waals surface area contributed by atoms with Gasteiger partial charge in [0.15, 0.2) is 5.11 Å². The first kappa shape index (κ1) is 17.7. The van der Waals surface area contributed by atoms with Crippen molar-refractivity contribution in [1.29, 1.82) is 0 Å². The number of amides is 1. The first-order valence-electron chi connectivity index (χ1n) is 6.55. The van der Waals surface area contributed by atoms with E-state index in [2.05, 4.69) is 16.2 Å². The lowest BCUT2D eigenvalue weighted by Crippen LogP contribution is -2.50. The summed E-state index contributed by atoms with van der Waals surface area (Å²) >= 11 is 6.56. The van der Waals surface area contributed by atoms with E-state index < -0.39 is 0 Å². The van der Waals surface area contributed by atoms with Crippen molar-refractivity contribution in [3.63, 3.8) is 0 Å². The second-order valence-corrected chi connectivity index (χ2v) is 5.98. The Labute approximate surface area is 135 Å². The van der Waals surface area contributed by atoms with Crippen molar-refractivity contribution in [3.05, 3.63) is 29.8 Å². The summed E-state index contributed by atoms with van der Waals surface area (Å²) in [5.74, 6) is 0.195. The van der Waals surface area contributed by atoms with Crippen molar-refractivity contribution in [1.82, 2.24) is 16.2 Å². The number of rotatable bonds is 6. The number of hydrogen-bond acceptors (Lipinski definition) is 4. The molecule has 0 saturated carbocycles. The Morgan fingerprint density at radius 3 is 2.76 bits per heavy atom. The maximum atomic E-state index is 11.7. The Kier molecular flexibility index (Phi) is 8.11. The Morgan fingerprint density at radius 1 is 1.38 bits per heavy atom. The number of ether oxygens (including phenoxy) is 1. The topological polar surface area (TPSA) is 62.4 Å². The SMILES string of the molecule is COC[C@H](C)NC(=S)NNC(=O)CSc1ccccc1C. The van der Waals surface area contributed by atoms with Crippen LogP contribution in [0.4, 0.5) is 0 Å². The minimum Gasteiger partial charge on any atom is -0.383 e. The molecule has 0 saturated heterocycles. The van der Waals surface area contributed by atoms with E-state index in [9.17, 15) is 4.79 Å². The number of carbonyl (C=O) groups is 1. The molecule has 0 heterocycles. The summed E-state index contributed by atoms with van der Waals surface area (Å²) in [6, 6.07) is 8.04. The molecule has 1 rings (SSSR count). The lowest BCUT2D eigenvalue weighted by Gasteiger charge is -2.16. The molecule has 7 heteroatoms. The van der Waals surface area contributed by atoms with E-state index in [1.54, 1.807) is 7.11 Å². The maximum Gasteiger partial charge on any atom is 0.248 e. The van der Waals surface area contributed by atoms with Gasteiger partial charge in [-0.15, -0.1) is 11.8 Å². The highest BCUT2D eigenvalue weighted by atomic mass is 32.2. The molecule has 116 valence electrons. The van der Waals surface area contributed by atoms with Crippen molar-refractivity contribution < 1.29 is 9.53 Å². The predicted octanol–water partition coefficient (Wildman–Crippen LogP) is 1.62. The number of thiocarbonyl (C=S) groups is 1. The number of hydrogen-bond donors (Lipinski definition) is 3. The summed E-state index contributed by atoms with van der Waals surface area (Å²) in [5.41, 5.74) is 6.40.